The Morgan fingerprint density at radius 1 is 1.62 bits per heavy atom. The van der Waals surface area contributed by atoms with Crippen molar-refractivity contribution in [2.24, 2.45) is 5.73 Å². The highest BCUT2D eigenvalue weighted by atomic mass is 16.6. The van der Waals surface area contributed by atoms with Crippen molar-refractivity contribution in [1.82, 2.24) is 0 Å². The molecular formula is C13H23NO2. The fourth-order valence-electron chi connectivity index (χ4n) is 1.94. The van der Waals surface area contributed by atoms with Gasteiger partial charge in [0.25, 0.3) is 0 Å². The zero-order valence-corrected chi connectivity index (χ0v) is 10.6. The van der Waals surface area contributed by atoms with Gasteiger partial charge in [0.1, 0.15) is 5.60 Å². The van der Waals surface area contributed by atoms with Gasteiger partial charge in [-0.25, -0.2) is 0 Å². The maximum atomic E-state index is 11.7. The van der Waals surface area contributed by atoms with Crippen molar-refractivity contribution in [1.29, 1.82) is 0 Å². The maximum absolute atomic E-state index is 11.7. The molecule has 2 aliphatic rings. The molecule has 1 fully saturated rings. The summed E-state index contributed by atoms with van der Waals surface area (Å²) < 4.78 is 5.09. The van der Waals surface area contributed by atoms with E-state index in [0.29, 0.717) is 6.61 Å². The van der Waals surface area contributed by atoms with E-state index in [1.165, 1.54) is 12.0 Å². The molecule has 2 rings (SSSR count). The number of nitrogens with two attached hydrogens (primary N) is 1. The number of hydrogen-bond donors (Lipinski definition) is 1. The number of Topliss-reactive ketones (excluding diaryl/α,β-unsaturated/α-hetero) is 1. The summed E-state index contributed by atoms with van der Waals surface area (Å²) in [6.45, 7) is 6.36. The molecular weight excluding hydrogens is 202 g/mol. The lowest BCUT2D eigenvalue weighted by atomic mass is 9.95. The van der Waals surface area contributed by atoms with Crippen molar-refractivity contribution in [3.05, 3.63) is 11.6 Å². The molecule has 2 atom stereocenters. The van der Waals surface area contributed by atoms with Crippen LogP contribution in [-0.2, 0) is 9.53 Å². The van der Waals surface area contributed by atoms with Crippen molar-refractivity contribution in [3.63, 3.8) is 0 Å². The van der Waals surface area contributed by atoms with E-state index < -0.39 is 5.60 Å². The largest absolute Gasteiger partial charge is 0.362 e. The summed E-state index contributed by atoms with van der Waals surface area (Å²) in [5, 5.41) is 0. The number of ether oxygens (including phenoxy) is 1. The van der Waals surface area contributed by atoms with Gasteiger partial charge in [0, 0.05) is 0 Å². The van der Waals surface area contributed by atoms with E-state index >= 15 is 0 Å². The molecule has 2 unspecified atom stereocenters. The molecule has 3 nitrogen and oxygen atoms in total. The van der Waals surface area contributed by atoms with Crippen LogP contribution in [0.5, 0.6) is 0 Å². The van der Waals surface area contributed by atoms with Gasteiger partial charge in [0.15, 0.2) is 5.78 Å². The maximum Gasteiger partial charge on any atom is 0.183 e. The minimum atomic E-state index is -0.557. The SMILES string of the molecule is CC.CC1(C(=O)C(N)CC2=CCCC2)CO1. The third-order valence-corrected chi connectivity index (χ3v) is 3.05. The second kappa shape index (κ2) is 5.60. The van der Waals surface area contributed by atoms with Crippen LogP contribution in [0.1, 0.15) is 46.5 Å². The molecule has 2 N–H and O–H groups in total. The molecule has 1 saturated heterocycles. The first kappa shape index (κ1) is 13.4. The first-order chi connectivity index (χ1) is 7.62. The molecule has 3 heteroatoms. The third-order valence-electron chi connectivity index (χ3n) is 3.05. The second-order valence-electron chi connectivity index (χ2n) is 4.45. The molecule has 1 aliphatic heterocycles. The van der Waals surface area contributed by atoms with Gasteiger partial charge in [-0.1, -0.05) is 25.5 Å². The van der Waals surface area contributed by atoms with Crippen LogP contribution in [0.3, 0.4) is 0 Å². The van der Waals surface area contributed by atoms with E-state index in [4.69, 9.17) is 10.5 Å². The molecule has 0 saturated carbocycles. The van der Waals surface area contributed by atoms with Gasteiger partial charge in [0.05, 0.1) is 12.6 Å². The number of allylic oxidation sites excluding steroid dienone is 1. The van der Waals surface area contributed by atoms with Crippen LogP contribution < -0.4 is 5.73 Å². The molecule has 1 heterocycles. The van der Waals surface area contributed by atoms with E-state index in [0.717, 1.165) is 19.3 Å². The fourth-order valence-corrected chi connectivity index (χ4v) is 1.94. The Morgan fingerprint density at radius 2 is 2.25 bits per heavy atom. The Kier molecular flexibility index (Phi) is 4.69. The predicted octanol–water partition coefficient (Wildman–Crippen LogP) is 2.20. The van der Waals surface area contributed by atoms with Gasteiger partial charge in [0.2, 0.25) is 0 Å². The van der Waals surface area contributed by atoms with E-state index in [1.807, 2.05) is 20.8 Å². The average molecular weight is 225 g/mol. The highest BCUT2D eigenvalue weighted by molar-refractivity contribution is 5.93. The Bertz CT molecular complexity index is 280. The second-order valence-corrected chi connectivity index (χ2v) is 4.45. The van der Waals surface area contributed by atoms with E-state index in [2.05, 4.69) is 6.08 Å². The Hall–Kier alpha value is -0.670. The number of carbonyl (C=O) groups excluding carboxylic acids is 1. The number of hydrogen-bond acceptors (Lipinski definition) is 3. The van der Waals surface area contributed by atoms with Crippen molar-refractivity contribution in [2.75, 3.05) is 6.61 Å². The van der Waals surface area contributed by atoms with Gasteiger partial charge in [-0.05, 0) is 32.6 Å². The highest BCUT2D eigenvalue weighted by Gasteiger charge is 2.48. The minimum Gasteiger partial charge on any atom is -0.362 e. The van der Waals surface area contributed by atoms with Crippen LogP contribution >= 0.6 is 0 Å². The van der Waals surface area contributed by atoms with Crippen LogP contribution in [0.2, 0.25) is 0 Å². The van der Waals surface area contributed by atoms with Crippen molar-refractivity contribution >= 4 is 5.78 Å². The minimum absolute atomic E-state index is 0.0605. The predicted molar refractivity (Wildman–Crippen MR) is 65.2 cm³/mol. The molecule has 0 bridgehead atoms. The van der Waals surface area contributed by atoms with Gasteiger partial charge >= 0.3 is 0 Å². The smallest absolute Gasteiger partial charge is 0.183 e. The number of rotatable bonds is 4. The summed E-state index contributed by atoms with van der Waals surface area (Å²) in [7, 11) is 0. The van der Waals surface area contributed by atoms with Crippen molar-refractivity contribution in [3.8, 4) is 0 Å². The first-order valence-corrected chi connectivity index (χ1v) is 6.23. The molecule has 92 valence electrons. The number of ketones is 1. The van der Waals surface area contributed by atoms with Gasteiger partial charge in [-0.2, -0.15) is 0 Å². The normalized spacial score (nSPS) is 28.9. The molecule has 0 radical (unpaired) electrons. The summed E-state index contributed by atoms with van der Waals surface area (Å²) in [6, 6.07) is -0.369. The molecule has 1 aliphatic carbocycles. The molecule has 0 spiro atoms. The van der Waals surface area contributed by atoms with Gasteiger partial charge in [-0.3, -0.25) is 4.79 Å². The number of epoxide rings is 1. The highest BCUT2D eigenvalue weighted by Crippen LogP contribution is 2.30. The molecule has 16 heavy (non-hydrogen) atoms. The number of carbonyl (C=O) groups is 1. The van der Waals surface area contributed by atoms with Crippen LogP contribution in [-0.4, -0.2) is 24.0 Å². The van der Waals surface area contributed by atoms with Crippen LogP contribution in [0.4, 0.5) is 0 Å². The zero-order valence-electron chi connectivity index (χ0n) is 10.6. The van der Waals surface area contributed by atoms with Gasteiger partial charge in [-0.15, -0.1) is 0 Å². The third kappa shape index (κ3) is 3.16. The topological polar surface area (TPSA) is 55.6 Å². The summed E-state index contributed by atoms with van der Waals surface area (Å²) in [6.07, 6.45) is 6.40. The Balaban J connectivity index is 0.000000606. The standard InChI is InChI=1S/C11H17NO2.C2H6/c1-11(7-14-11)10(13)9(12)6-8-4-2-3-5-8;1-2/h4,9H,2-3,5-7,12H2,1H3;1-2H3. The Morgan fingerprint density at radius 3 is 2.69 bits per heavy atom. The Labute approximate surface area is 98.0 Å². The first-order valence-electron chi connectivity index (χ1n) is 6.23. The molecule has 0 aromatic rings. The quantitative estimate of drug-likeness (QED) is 0.589. The van der Waals surface area contributed by atoms with Crippen LogP contribution in [0.25, 0.3) is 0 Å². The zero-order chi connectivity index (χ0) is 12.2. The van der Waals surface area contributed by atoms with E-state index in [-0.39, 0.29) is 11.8 Å². The summed E-state index contributed by atoms with van der Waals surface area (Å²) in [4.78, 5) is 11.7. The molecule has 0 aromatic carbocycles. The lowest BCUT2D eigenvalue weighted by Gasteiger charge is -2.13. The summed E-state index contributed by atoms with van der Waals surface area (Å²) in [5.74, 6) is 0.0605. The average Bonchev–Trinajstić information content (AvgIpc) is 2.84. The monoisotopic (exact) mass is 225 g/mol. The van der Waals surface area contributed by atoms with Crippen LogP contribution in [0, 0.1) is 0 Å². The van der Waals surface area contributed by atoms with Crippen LogP contribution in [0.15, 0.2) is 11.6 Å². The summed E-state index contributed by atoms with van der Waals surface area (Å²) in [5.41, 5.74) is 6.64. The molecule has 0 amide bonds. The lowest BCUT2D eigenvalue weighted by Crippen LogP contribution is -2.39. The van der Waals surface area contributed by atoms with Crippen molar-refractivity contribution < 1.29 is 9.53 Å². The molecule has 0 aromatic heterocycles. The van der Waals surface area contributed by atoms with E-state index in [1.54, 1.807) is 0 Å². The summed E-state index contributed by atoms with van der Waals surface area (Å²) >= 11 is 0. The van der Waals surface area contributed by atoms with Gasteiger partial charge < -0.3 is 10.5 Å². The lowest BCUT2D eigenvalue weighted by molar-refractivity contribution is -0.124. The van der Waals surface area contributed by atoms with Crippen molar-refractivity contribution in [2.45, 2.75) is 58.1 Å². The van der Waals surface area contributed by atoms with E-state index in [9.17, 15) is 4.79 Å². The fraction of sp³-hybridized carbons (Fsp3) is 0.769.